The molecule has 3 aliphatic rings. The van der Waals surface area contributed by atoms with E-state index >= 15 is 0 Å². The summed E-state index contributed by atoms with van der Waals surface area (Å²) in [6.45, 7) is 2.81. The van der Waals surface area contributed by atoms with Crippen LogP contribution in [0.1, 0.15) is 40.7 Å². The van der Waals surface area contributed by atoms with Crippen molar-refractivity contribution in [2.45, 2.75) is 50.5 Å². The van der Waals surface area contributed by atoms with E-state index in [-0.39, 0.29) is 30.2 Å². The number of benzene rings is 1. The molecule has 3 atom stereocenters. The molecule has 4 rings (SSSR count). The Bertz CT molecular complexity index is 796. The number of imide groups is 1. The van der Waals surface area contributed by atoms with Crippen molar-refractivity contribution in [3.8, 4) is 0 Å². The van der Waals surface area contributed by atoms with Crippen LogP contribution in [0.25, 0.3) is 0 Å². The van der Waals surface area contributed by atoms with Gasteiger partial charge in [-0.05, 0) is 30.0 Å². The van der Waals surface area contributed by atoms with Crippen LogP contribution in [0.5, 0.6) is 0 Å². The highest BCUT2D eigenvalue weighted by Crippen LogP contribution is 2.29. The van der Waals surface area contributed by atoms with E-state index in [1.54, 1.807) is 12.0 Å². The number of amides is 3. The van der Waals surface area contributed by atoms with Crippen molar-refractivity contribution in [2.75, 3.05) is 20.2 Å². The predicted octanol–water partition coefficient (Wildman–Crippen LogP) is -0.0859. The van der Waals surface area contributed by atoms with Gasteiger partial charge in [0, 0.05) is 51.3 Å². The van der Waals surface area contributed by atoms with Crippen molar-refractivity contribution in [3.05, 3.63) is 34.9 Å². The summed E-state index contributed by atoms with van der Waals surface area (Å²) in [5.74, 6) is -0.785. The average Bonchev–Trinajstić information content (AvgIpc) is 3.04. The monoisotopic (exact) mass is 386 g/mol. The fourth-order valence-corrected chi connectivity index (χ4v) is 4.31. The molecule has 2 saturated heterocycles. The Morgan fingerprint density at radius 1 is 1.25 bits per heavy atom. The molecule has 0 spiro atoms. The minimum absolute atomic E-state index is 0.134. The molecule has 8 heteroatoms. The van der Waals surface area contributed by atoms with Crippen LogP contribution in [0, 0.1) is 0 Å². The van der Waals surface area contributed by atoms with Gasteiger partial charge in [-0.25, -0.2) is 0 Å². The molecule has 3 heterocycles. The summed E-state index contributed by atoms with van der Waals surface area (Å²) >= 11 is 0. The minimum atomic E-state index is -0.580. The number of rotatable bonds is 5. The number of nitrogens with one attached hydrogen (secondary N) is 3. The maximum Gasteiger partial charge on any atom is 0.255 e. The number of nitrogens with zero attached hydrogens (tertiary/aromatic N) is 1. The molecule has 0 aromatic heterocycles. The normalized spacial score (nSPS) is 27.7. The number of hydrogen-bond acceptors (Lipinski definition) is 6. The Morgan fingerprint density at radius 2 is 2.11 bits per heavy atom. The summed E-state index contributed by atoms with van der Waals surface area (Å²) < 4.78 is 5.44. The lowest BCUT2D eigenvalue weighted by Crippen LogP contribution is -2.52. The summed E-state index contributed by atoms with van der Waals surface area (Å²) in [7, 11) is 1.73. The lowest BCUT2D eigenvalue weighted by Gasteiger charge is -2.30. The summed E-state index contributed by atoms with van der Waals surface area (Å²) in [5.41, 5.74) is 2.69. The Hall–Kier alpha value is -2.29. The average molecular weight is 386 g/mol. The van der Waals surface area contributed by atoms with E-state index in [9.17, 15) is 14.4 Å². The molecule has 3 amide bonds. The Kier molecular flexibility index (Phi) is 5.43. The summed E-state index contributed by atoms with van der Waals surface area (Å²) in [4.78, 5) is 38.1. The van der Waals surface area contributed by atoms with Crippen LogP contribution in [0.3, 0.4) is 0 Å². The van der Waals surface area contributed by atoms with Gasteiger partial charge in [-0.1, -0.05) is 12.1 Å². The number of carbonyl (C=O) groups excluding carboxylic acids is 3. The van der Waals surface area contributed by atoms with E-state index < -0.39 is 6.04 Å². The Labute approximate surface area is 164 Å². The van der Waals surface area contributed by atoms with Gasteiger partial charge in [0.2, 0.25) is 11.8 Å². The van der Waals surface area contributed by atoms with Gasteiger partial charge in [0.25, 0.3) is 5.91 Å². The quantitative estimate of drug-likeness (QED) is 0.612. The van der Waals surface area contributed by atoms with Gasteiger partial charge in [-0.15, -0.1) is 0 Å². The molecule has 8 nitrogen and oxygen atoms in total. The zero-order valence-electron chi connectivity index (χ0n) is 16.0. The largest absolute Gasteiger partial charge is 0.380 e. The van der Waals surface area contributed by atoms with Crippen molar-refractivity contribution in [3.63, 3.8) is 0 Å². The van der Waals surface area contributed by atoms with Gasteiger partial charge in [0.1, 0.15) is 6.04 Å². The van der Waals surface area contributed by atoms with Crippen molar-refractivity contribution in [1.82, 2.24) is 20.9 Å². The maximum atomic E-state index is 12.9. The van der Waals surface area contributed by atoms with Gasteiger partial charge < -0.3 is 20.3 Å². The summed E-state index contributed by atoms with van der Waals surface area (Å²) in [5, 5.41) is 9.27. The van der Waals surface area contributed by atoms with Crippen molar-refractivity contribution in [1.29, 1.82) is 0 Å². The summed E-state index contributed by atoms with van der Waals surface area (Å²) in [6, 6.07) is 5.45. The topological polar surface area (TPSA) is 99.8 Å². The van der Waals surface area contributed by atoms with E-state index in [0.29, 0.717) is 31.1 Å². The third kappa shape index (κ3) is 3.67. The third-order valence-electron chi connectivity index (χ3n) is 5.90. The van der Waals surface area contributed by atoms with Gasteiger partial charge in [0.15, 0.2) is 0 Å². The molecule has 0 saturated carbocycles. The highest BCUT2D eigenvalue weighted by molar-refractivity contribution is 6.05. The van der Waals surface area contributed by atoms with E-state index in [2.05, 4.69) is 16.0 Å². The van der Waals surface area contributed by atoms with Crippen LogP contribution in [-0.4, -0.2) is 61.0 Å². The lowest BCUT2D eigenvalue weighted by molar-refractivity contribution is -0.136. The lowest BCUT2D eigenvalue weighted by atomic mass is 10.0. The van der Waals surface area contributed by atoms with E-state index in [1.807, 2.05) is 18.2 Å². The van der Waals surface area contributed by atoms with Crippen LogP contribution in [0.2, 0.25) is 0 Å². The molecule has 28 heavy (non-hydrogen) atoms. The first-order chi connectivity index (χ1) is 13.6. The number of piperidine rings is 2. The molecule has 3 N–H and O–H groups in total. The van der Waals surface area contributed by atoms with Crippen LogP contribution >= 0.6 is 0 Å². The van der Waals surface area contributed by atoms with Crippen LogP contribution in [-0.2, 0) is 27.4 Å². The SMILES string of the molecule is CO[C@@H]1CNC[C@@H](NCc2cccc3c2CN(C2CCC(=O)NC2=O)C3=O)C1. The predicted molar refractivity (Wildman–Crippen MR) is 101 cm³/mol. The van der Waals surface area contributed by atoms with Crippen LogP contribution in [0.4, 0.5) is 0 Å². The zero-order valence-corrected chi connectivity index (χ0v) is 16.0. The number of hydrogen-bond donors (Lipinski definition) is 3. The standard InChI is InChI=1S/C20H26N4O4/c1-28-14-7-13(9-21-10-14)22-8-12-3-2-4-15-16(12)11-24(20(15)27)17-5-6-18(25)23-19(17)26/h2-4,13-14,17,21-22H,5-11H2,1H3,(H,23,25,26)/t13-,14-,17?/m0/s1. The van der Waals surface area contributed by atoms with Crippen molar-refractivity contribution >= 4 is 17.7 Å². The number of fused-ring (bicyclic) bond motifs is 1. The van der Waals surface area contributed by atoms with E-state index in [1.165, 1.54) is 0 Å². The second-order valence-corrected chi connectivity index (χ2v) is 7.67. The fourth-order valence-electron chi connectivity index (χ4n) is 4.31. The van der Waals surface area contributed by atoms with E-state index in [4.69, 9.17) is 4.74 Å². The smallest absolute Gasteiger partial charge is 0.255 e. The van der Waals surface area contributed by atoms with Crippen molar-refractivity contribution in [2.24, 2.45) is 0 Å². The first-order valence-corrected chi connectivity index (χ1v) is 9.79. The number of methoxy groups -OCH3 is 1. The molecular weight excluding hydrogens is 360 g/mol. The molecule has 1 aromatic rings. The Morgan fingerprint density at radius 3 is 2.89 bits per heavy atom. The summed E-state index contributed by atoms with van der Waals surface area (Å²) in [6.07, 6.45) is 1.79. The van der Waals surface area contributed by atoms with Crippen LogP contribution in [0.15, 0.2) is 18.2 Å². The van der Waals surface area contributed by atoms with Gasteiger partial charge in [-0.3, -0.25) is 19.7 Å². The third-order valence-corrected chi connectivity index (χ3v) is 5.90. The highest BCUT2D eigenvalue weighted by atomic mass is 16.5. The first kappa shape index (κ1) is 19.0. The highest BCUT2D eigenvalue weighted by Gasteiger charge is 2.39. The van der Waals surface area contributed by atoms with Gasteiger partial charge in [0.05, 0.1) is 6.10 Å². The van der Waals surface area contributed by atoms with Gasteiger partial charge >= 0.3 is 0 Å². The molecule has 0 bridgehead atoms. The molecule has 1 unspecified atom stereocenters. The second kappa shape index (κ2) is 7.98. The fraction of sp³-hybridized carbons (Fsp3) is 0.550. The molecule has 0 radical (unpaired) electrons. The maximum absolute atomic E-state index is 12.9. The van der Waals surface area contributed by atoms with E-state index in [0.717, 1.165) is 30.6 Å². The van der Waals surface area contributed by atoms with Gasteiger partial charge in [-0.2, -0.15) is 0 Å². The molecule has 3 aliphatic heterocycles. The first-order valence-electron chi connectivity index (χ1n) is 9.79. The number of ether oxygens (including phenoxy) is 1. The Balaban J connectivity index is 1.45. The molecule has 0 aliphatic carbocycles. The second-order valence-electron chi connectivity index (χ2n) is 7.67. The number of carbonyl (C=O) groups is 3. The molecule has 2 fully saturated rings. The molecule has 150 valence electrons. The van der Waals surface area contributed by atoms with Crippen LogP contribution < -0.4 is 16.0 Å². The molecule has 1 aromatic carbocycles. The minimum Gasteiger partial charge on any atom is -0.380 e. The van der Waals surface area contributed by atoms with Crippen molar-refractivity contribution < 1.29 is 19.1 Å². The molecular formula is C20H26N4O4. The zero-order chi connectivity index (χ0) is 19.7.